The van der Waals surface area contributed by atoms with Crippen molar-refractivity contribution in [2.24, 2.45) is 5.92 Å². The molecule has 5 nitrogen and oxygen atoms in total. The zero-order chi connectivity index (χ0) is 15.5. The minimum absolute atomic E-state index is 0.454. The molecule has 0 bridgehead atoms. The van der Waals surface area contributed by atoms with Crippen LogP contribution in [-0.4, -0.2) is 47.1 Å². The zero-order valence-electron chi connectivity index (χ0n) is 13.6. The van der Waals surface area contributed by atoms with Crippen molar-refractivity contribution in [3.05, 3.63) is 47.6 Å². The molecular weight excluding hydrogens is 276 g/mol. The lowest BCUT2D eigenvalue weighted by molar-refractivity contribution is 0.210. The molecule has 22 heavy (non-hydrogen) atoms. The highest BCUT2D eigenvalue weighted by Crippen LogP contribution is 2.36. The normalized spacial score (nSPS) is 22.5. The first-order chi connectivity index (χ1) is 10.6. The lowest BCUT2D eigenvalue weighted by Gasteiger charge is -2.28. The summed E-state index contributed by atoms with van der Waals surface area (Å²) in [6, 6.07) is 6.68. The molecule has 5 heteroatoms. The van der Waals surface area contributed by atoms with Crippen LogP contribution in [0.2, 0.25) is 0 Å². The summed E-state index contributed by atoms with van der Waals surface area (Å²) in [6.07, 6.45) is 5.06. The average Bonchev–Trinajstić information content (AvgIpc) is 3.06. The summed E-state index contributed by atoms with van der Waals surface area (Å²) in [5.74, 6) is 1.49. The summed E-state index contributed by atoms with van der Waals surface area (Å²) < 4.78 is 5.15. The molecule has 1 aliphatic heterocycles. The van der Waals surface area contributed by atoms with E-state index in [4.69, 9.17) is 4.52 Å². The molecule has 2 atom stereocenters. The molecule has 1 aliphatic rings. The number of aryl methyl sites for hydroxylation is 1. The Morgan fingerprint density at radius 3 is 3.00 bits per heavy atom. The van der Waals surface area contributed by atoms with Gasteiger partial charge in [-0.05, 0) is 51.5 Å². The fourth-order valence-corrected chi connectivity index (χ4v) is 3.53. The molecule has 2 aromatic rings. The first-order valence-electron chi connectivity index (χ1n) is 7.84. The lowest BCUT2D eigenvalue weighted by Crippen LogP contribution is -2.30. The number of likely N-dealkylation sites (tertiary alicyclic amines) is 1. The molecule has 1 fully saturated rings. The number of hydrogen-bond acceptors (Lipinski definition) is 5. The van der Waals surface area contributed by atoms with Gasteiger partial charge in [0, 0.05) is 37.6 Å². The second kappa shape index (κ2) is 6.58. The van der Waals surface area contributed by atoms with Gasteiger partial charge in [-0.2, -0.15) is 0 Å². The Morgan fingerprint density at radius 1 is 1.45 bits per heavy atom. The Kier molecular flexibility index (Phi) is 4.55. The van der Waals surface area contributed by atoms with Gasteiger partial charge in [-0.25, -0.2) is 0 Å². The van der Waals surface area contributed by atoms with Gasteiger partial charge in [0.25, 0.3) is 0 Å². The zero-order valence-corrected chi connectivity index (χ0v) is 13.6. The molecule has 1 saturated heterocycles. The Hall–Kier alpha value is -1.72. The van der Waals surface area contributed by atoms with Crippen LogP contribution in [0.5, 0.6) is 0 Å². The minimum atomic E-state index is 0.454. The van der Waals surface area contributed by atoms with E-state index in [-0.39, 0.29) is 0 Å². The van der Waals surface area contributed by atoms with E-state index in [0.29, 0.717) is 12.0 Å². The molecule has 0 amide bonds. The van der Waals surface area contributed by atoms with Crippen LogP contribution in [0.4, 0.5) is 0 Å². The third kappa shape index (κ3) is 3.36. The van der Waals surface area contributed by atoms with Gasteiger partial charge < -0.3 is 9.42 Å². The Labute approximate surface area is 131 Å². The van der Waals surface area contributed by atoms with E-state index in [1.165, 1.54) is 12.0 Å². The second-order valence-corrected chi connectivity index (χ2v) is 6.39. The minimum Gasteiger partial charge on any atom is -0.361 e. The van der Waals surface area contributed by atoms with Crippen molar-refractivity contribution in [3.63, 3.8) is 0 Å². The summed E-state index contributed by atoms with van der Waals surface area (Å²) in [5.41, 5.74) is 2.32. The van der Waals surface area contributed by atoms with Crippen molar-refractivity contribution in [1.82, 2.24) is 19.9 Å². The van der Waals surface area contributed by atoms with E-state index < -0.39 is 0 Å². The fraction of sp³-hybridized carbons (Fsp3) is 0.529. The van der Waals surface area contributed by atoms with Crippen molar-refractivity contribution in [1.29, 1.82) is 0 Å². The fourth-order valence-electron chi connectivity index (χ4n) is 3.53. The average molecular weight is 300 g/mol. The molecule has 0 aliphatic carbocycles. The van der Waals surface area contributed by atoms with Gasteiger partial charge >= 0.3 is 0 Å². The Bertz CT molecular complexity index is 598. The summed E-state index contributed by atoms with van der Waals surface area (Å²) in [4.78, 5) is 9.06. The number of rotatable bonds is 5. The highest BCUT2D eigenvalue weighted by Gasteiger charge is 2.33. The molecule has 0 spiro atoms. The van der Waals surface area contributed by atoms with Crippen molar-refractivity contribution >= 4 is 0 Å². The largest absolute Gasteiger partial charge is 0.361 e. The molecule has 0 N–H and O–H groups in total. The monoisotopic (exact) mass is 300 g/mol. The van der Waals surface area contributed by atoms with Crippen molar-refractivity contribution in [2.75, 3.05) is 27.2 Å². The predicted octanol–water partition coefficient (Wildman–Crippen LogP) is 2.50. The molecule has 0 radical (unpaired) electrons. The third-order valence-corrected chi connectivity index (χ3v) is 4.45. The summed E-state index contributed by atoms with van der Waals surface area (Å²) in [7, 11) is 4.36. The third-order valence-electron chi connectivity index (χ3n) is 4.45. The molecule has 0 saturated carbocycles. The molecule has 3 heterocycles. The van der Waals surface area contributed by atoms with Crippen LogP contribution in [0.3, 0.4) is 0 Å². The van der Waals surface area contributed by atoms with Crippen LogP contribution in [0, 0.1) is 12.8 Å². The first-order valence-corrected chi connectivity index (χ1v) is 7.84. The van der Waals surface area contributed by atoms with Gasteiger partial charge in [-0.15, -0.1) is 0 Å². The SMILES string of the molecule is Cc1cc(CN(C)C[C@@H]2CCN(C)[C@H]2c2cccnc2)no1. The second-order valence-electron chi connectivity index (χ2n) is 6.39. The van der Waals surface area contributed by atoms with E-state index in [1.54, 1.807) is 0 Å². The first kappa shape index (κ1) is 15.2. The van der Waals surface area contributed by atoms with Gasteiger partial charge in [0.2, 0.25) is 0 Å². The summed E-state index contributed by atoms with van der Waals surface area (Å²) in [5, 5.41) is 4.09. The van der Waals surface area contributed by atoms with E-state index >= 15 is 0 Å². The van der Waals surface area contributed by atoms with Crippen molar-refractivity contribution in [3.8, 4) is 0 Å². The smallest absolute Gasteiger partial charge is 0.133 e. The van der Waals surface area contributed by atoms with Crippen molar-refractivity contribution < 1.29 is 4.52 Å². The van der Waals surface area contributed by atoms with Crippen LogP contribution >= 0.6 is 0 Å². The Balaban J connectivity index is 1.65. The van der Waals surface area contributed by atoms with E-state index in [1.807, 2.05) is 31.5 Å². The van der Waals surface area contributed by atoms with Crippen LogP contribution in [0.1, 0.15) is 29.5 Å². The number of hydrogen-bond donors (Lipinski definition) is 0. The van der Waals surface area contributed by atoms with Gasteiger partial charge in [-0.3, -0.25) is 9.88 Å². The van der Waals surface area contributed by atoms with Crippen LogP contribution in [-0.2, 0) is 6.54 Å². The molecule has 2 aromatic heterocycles. The maximum atomic E-state index is 5.15. The number of pyridine rings is 1. The summed E-state index contributed by atoms with van der Waals surface area (Å²) >= 11 is 0. The van der Waals surface area contributed by atoms with Gasteiger partial charge in [0.15, 0.2) is 0 Å². The lowest BCUT2D eigenvalue weighted by atomic mass is 9.94. The molecule has 0 unspecified atom stereocenters. The maximum absolute atomic E-state index is 5.15. The van der Waals surface area contributed by atoms with Gasteiger partial charge in [-0.1, -0.05) is 11.2 Å². The molecule has 3 rings (SSSR count). The highest BCUT2D eigenvalue weighted by molar-refractivity contribution is 5.17. The van der Waals surface area contributed by atoms with Gasteiger partial charge in [0.05, 0.1) is 5.69 Å². The van der Waals surface area contributed by atoms with Crippen LogP contribution < -0.4 is 0 Å². The standard InChI is InChI=1S/C17H24N4O/c1-13-9-16(19-22-13)12-20(2)11-15-6-8-21(3)17(15)14-5-4-7-18-10-14/h4-5,7,9-10,15,17H,6,8,11-12H2,1-3H3/t15-,17-/m0/s1. The van der Waals surface area contributed by atoms with Crippen LogP contribution in [0.25, 0.3) is 0 Å². The molecule has 0 aromatic carbocycles. The molecule has 118 valence electrons. The summed E-state index contributed by atoms with van der Waals surface area (Å²) in [6.45, 7) is 4.95. The van der Waals surface area contributed by atoms with Crippen LogP contribution in [0.15, 0.2) is 35.1 Å². The Morgan fingerprint density at radius 2 is 2.32 bits per heavy atom. The van der Waals surface area contributed by atoms with E-state index in [2.05, 4.69) is 40.1 Å². The predicted molar refractivity (Wildman–Crippen MR) is 85.3 cm³/mol. The van der Waals surface area contributed by atoms with Gasteiger partial charge in [0.1, 0.15) is 5.76 Å². The molecular formula is C17H24N4O. The highest BCUT2D eigenvalue weighted by atomic mass is 16.5. The number of nitrogens with zero attached hydrogens (tertiary/aromatic N) is 4. The quantitative estimate of drug-likeness (QED) is 0.849. The number of aromatic nitrogens is 2. The topological polar surface area (TPSA) is 45.4 Å². The van der Waals surface area contributed by atoms with E-state index in [0.717, 1.165) is 31.1 Å². The van der Waals surface area contributed by atoms with E-state index in [9.17, 15) is 0 Å². The maximum Gasteiger partial charge on any atom is 0.133 e. The van der Waals surface area contributed by atoms with Crippen molar-refractivity contribution in [2.45, 2.75) is 25.9 Å².